The summed E-state index contributed by atoms with van der Waals surface area (Å²) in [7, 11) is 3.76. The molecule has 0 spiro atoms. The van der Waals surface area contributed by atoms with E-state index in [4.69, 9.17) is 14.2 Å². The molecule has 1 aliphatic rings. The van der Waals surface area contributed by atoms with Crippen molar-refractivity contribution in [3.05, 3.63) is 0 Å². The summed E-state index contributed by atoms with van der Waals surface area (Å²) in [5, 5.41) is 0. The van der Waals surface area contributed by atoms with Gasteiger partial charge in [0.25, 0.3) is 0 Å². The van der Waals surface area contributed by atoms with Gasteiger partial charge in [0.1, 0.15) is 0 Å². The first-order valence-corrected chi connectivity index (χ1v) is 4.69. The molecule has 0 aliphatic carbocycles. The van der Waals surface area contributed by atoms with E-state index in [0.29, 0.717) is 19.8 Å². The van der Waals surface area contributed by atoms with Crippen LogP contribution >= 0.6 is 0 Å². The number of likely N-dealkylation sites (N-methyl/N-ethyl adjacent to an activating group) is 1. The number of ether oxygens (including phenoxy) is 3. The fraction of sp³-hybridized carbons (Fsp3) is 1.00. The Morgan fingerprint density at radius 3 is 3.08 bits per heavy atom. The zero-order valence-electron chi connectivity index (χ0n) is 8.49. The van der Waals surface area contributed by atoms with E-state index in [-0.39, 0.29) is 6.10 Å². The maximum absolute atomic E-state index is 5.58. The van der Waals surface area contributed by atoms with Gasteiger partial charge in [0.15, 0.2) is 0 Å². The van der Waals surface area contributed by atoms with Gasteiger partial charge in [0, 0.05) is 20.2 Å². The largest absolute Gasteiger partial charge is 0.382 e. The fourth-order valence-corrected chi connectivity index (χ4v) is 1.33. The number of hydrogen-bond donors (Lipinski definition) is 0. The standard InChI is InChI=1S/C9H19NO3/c1-10-3-4-12-8-9(7-10)13-6-5-11-2/h9H,3-8H2,1-2H3. The van der Waals surface area contributed by atoms with Gasteiger partial charge in [-0.05, 0) is 7.05 Å². The Kier molecular flexibility index (Phi) is 5.31. The van der Waals surface area contributed by atoms with Gasteiger partial charge in [-0.3, -0.25) is 0 Å². The van der Waals surface area contributed by atoms with Crippen LogP contribution in [0.1, 0.15) is 0 Å². The first kappa shape index (κ1) is 10.9. The minimum atomic E-state index is 0.197. The Hall–Kier alpha value is -0.160. The van der Waals surface area contributed by atoms with E-state index >= 15 is 0 Å². The van der Waals surface area contributed by atoms with Crippen LogP contribution < -0.4 is 0 Å². The Balaban J connectivity index is 2.15. The Bertz CT molecular complexity index is 132. The van der Waals surface area contributed by atoms with Crippen LogP contribution in [0, 0.1) is 0 Å². The highest BCUT2D eigenvalue weighted by atomic mass is 16.5. The minimum absolute atomic E-state index is 0.197. The predicted molar refractivity (Wildman–Crippen MR) is 49.9 cm³/mol. The lowest BCUT2D eigenvalue weighted by atomic mass is 10.3. The normalized spacial score (nSPS) is 25.8. The average molecular weight is 189 g/mol. The van der Waals surface area contributed by atoms with Crippen LogP contribution in [0.15, 0.2) is 0 Å². The van der Waals surface area contributed by atoms with Gasteiger partial charge in [0.2, 0.25) is 0 Å². The second kappa shape index (κ2) is 6.32. The molecule has 0 aromatic rings. The zero-order valence-corrected chi connectivity index (χ0v) is 8.49. The SMILES string of the molecule is COCCOC1COCCN(C)C1. The molecule has 4 nitrogen and oxygen atoms in total. The molecule has 0 N–H and O–H groups in total. The molecule has 78 valence electrons. The Labute approximate surface area is 79.8 Å². The highest BCUT2D eigenvalue weighted by molar-refractivity contribution is 4.66. The van der Waals surface area contributed by atoms with E-state index in [0.717, 1.165) is 19.7 Å². The van der Waals surface area contributed by atoms with Crippen molar-refractivity contribution in [2.45, 2.75) is 6.10 Å². The summed E-state index contributed by atoms with van der Waals surface area (Å²) in [6, 6.07) is 0. The van der Waals surface area contributed by atoms with Crippen LogP contribution in [0.25, 0.3) is 0 Å². The molecule has 1 unspecified atom stereocenters. The quantitative estimate of drug-likeness (QED) is 0.582. The van der Waals surface area contributed by atoms with E-state index in [2.05, 4.69) is 11.9 Å². The van der Waals surface area contributed by atoms with Gasteiger partial charge in [-0.2, -0.15) is 0 Å². The summed E-state index contributed by atoms with van der Waals surface area (Å²) in [4.78, 5) is 2.23. The molecule has 4 heteroatoms. The van der Waals surface area contributed by atoms with Crippen molar-refractivity contribution < 1.29 is 14.2 Å². The molecule has 1 atom stereocenters. The molecule has 1 aliphatic heterocycles. The first-order chi connectivity index (χ1) is 6.33. The molecule has 0 saturated carbocycles. The van der Waals surface area contributed by atoms with Crippen LogP contribution in [0.4, 0.5) is 0 Å². The van der Waals surface area contributed by atoms with E-state index < -0.39 is 0 Å². The van der Waals surface area contributed by atoms with Crippen LogP contribution in [-0.4, -0.2) is 64.7 Å². The molecular formula is C9H19NO3. The Morgan fingerprint density at radius 2 is 2.31 bits per heavy atom. The molecule has 1 rings (SSSR count). The van der Waals surface area contributed by atoms with Gasteiger partial charge in [0.05, 0.1) is 32.5 Å². The number of rotatable bonds is 4. The third-order valence-electron chi connectivity index (χ3n) is 2.08. The van der Waals surface area contributed by atoms with Crippen molar-refractivity contribution >= 4 is 0 Å². The van der Waals surface area contributed by atoms with E-state index in [1.54, 1.807) is 7.11 Å². The van der Waals surface area contributed by atoms with Crippen molar-refractivity contribution in [3.8, 4) is 0 Å². The predicted octanol–water partition coefficient (Wildman–Crippen LogP) is -0.0200. The minimum Gasteiger partial charge on any atom is -0.382 e. The molecule has 1 heterocycles. The van der Waals surface area contributed by atoms with E-state index in [1.807, 2.05) is 0 Å². The van der Waals surface area contributed by atoms with Gasteiger partial charge in [-0.25, -0.2) is 0 Å². The molecule has 0 aromatic carbocycles. The lowest BCUT2D eigenvalue weighted by molar-refractivity contribution is -0.0235. The third-order valence-corrected chi connectivity index (χ3v) is 2.08. The summed E-state index contributed by atoms with van der Waals surface area (Å²) in [6.45, 7) is 4.75. The zero-order chi connectivity index (χ0) is 9.52. The van der Waals surface area contributed by atoms with Crippen molar-refractivity contribution in [2.75, 3.05) is 53.7 Å². The van der Waals surface area contributed by atoms with Gasteiger partial charge in [-0.15, -0.1) is 0 Å². The van der Waals surface area contributed by atoms with Crippen molar-refractivity contribution in [3.63, 3.8) is 0 Å². The number of hydrogen-bond acceptors (Lipinski definition) is 4. The topological polar surface area (TPSA) is 30.9 Å². The number of nitrogens with zero attached hydrogens (tertiary/aromatic N) is 1. The maximum Gasteiger partial charge on any atom is 0.0936 e. The molecule has 0 amide bonds. The molecule has 0 bridgehead atoms. The van der Waals surface area contributed by atoms with Crippen molar-refractivity contribution in [1.29, 1.82) is 0 Å². The summed E-state index contributed by atoms with van der Waals surface area (Å²) in [6.07, 6.45) is 0.197. The van der Waals surface area contributed by atoms with Crippen LogP contribution in [0.3, 0.4) is 0 Å². The van der Waals surface area contributed by atoms with Gasteiger partial charge >= 0.3 is 0 Å². The molecular weight excluding hydrogens is 170 g/mol. The summed E-state index contributed by atoms with van der Waals surface area (Å²) >= 11 is 0. The number of methoxy groups -OCH3 is 1. The average Bonchev–Trinajstić information content (AvgIpc) is 2.31. The smallest absolute Gasteiger partial charge is 0.0936 e. The third kappa shape index (κ3) is 4.57. The van der Waals surface area contributed by atoms with E-state index in [9.17, 15) is 0 Å². The summed E-state index contributed by atoms with van der Waals surface area (Å²) < 4.78 is 15.9. The Morgan fingerprint density at radius 1 is 1.46 bits per heavy atom. The molecule has 1 saturated heterocycles. The van der Waals surface area contributed by atoms with E-state index in [1.165, 1.54) is 0 Å². The maximum atomic E-state index is 5.58. The van der Waals surface area contributed by atoms with Crippen molar-refractivity contribution in [1.82, 2.24) is 4.90 Å². The first-order valence-electron chi connectivity index (χ1n) is 4.69. The van der Waals surface area contributed by atoms with Gasteiger partial charge < -0.3 is 19.1 Å². The summed E-state index contributed by atoms with van der Waals surface area (Å²) in [5.41, 5.74) is 0. The van der Waals surface area contributed by atoms with Crippen LogP contribution in [-0.2, 0) is 14.2 Å². The van der Waals surface area contributed by atoms with Crippen LogP contribution in [0.5, 0.6) is 0 Å². The van der Waals surface area contributed by atoms with Gasteiger partial charge in [-0.1, -0.05) is 0 Å². The monoisotopic (exact) mass is 189 g/mol. The van der Waals surface area contributed by atoms with Crippen LogP contribution in [0.2, 0.25) is 0 Å². The lowest BCUT2D eigenvalue weighted by Gasteiger charge is -2.18. The van der Waals surface area contributed by atoms with Crippen molar-refractivity contribution in [2.24, 2.45) is 0 Å². The highest BCUT2D eigenvalue weighted by Gasteiger charge is 2.15. The molecule has 13 heavy (non-hydrogen) atoms. The fourth-order valence-electron chi connectivity index (χ4n) is 1.33. The lowest BCUT2D eigenvalue weighted by Crippen LogP contribution is -2.32. The summed E-state index contributed by atoms with van der Waals surface area (Å²) in [5.74, 6) is 0. The molecule has 1 fully saturated rings. The molecule has 0 radical (unpaired) electrons. The second-order valence-electron chi connectivity index (χ2n) is 3.32. The highest BCUT2D eigenvalue weighted by Crippen LogP contribution is 2.01. The molecule has 0 aromatic heterocycles. The second-order valence-corrected chi connectivity index (χ2v) is 3.32.